The van der Waals surface area contributed by atoms with Gasteiger partial charge >= 0.3 is 0 Å². The zero-order valence-electron chi connectivity index (χ0n) is 6.20. The number of rotatable bonds is 3. The zero-order valence-corrected chi connectivity index (χ0v) is 7.02. The SMILES string of the molecule is CC(CN=C(N)N)S(C)=O. The Morgan fingerprint density at radius 1 is 1.70 bits per heavy atom. The highest BCUT2D eigenvalue weighted by molar-refractivity contribution is 7.84. The van der Waals surface area contributed by atoms with E-state index in [0.717, 1.165) is 0 Å². The van der Waals surface area contributed by atoms with Crippen LogP contribution in [0.4, 0.5) is 0 Å². The monoisotopic (exact) mass is 163 g/mol. The Balaban J connectivity index is 3.70. The van der Waals surface area contributed by atoms with E-state index in [0.29, 0.717) is 6.54 Å². The van der Waals surface area contributed by atoms with E-state index in [-0.39, 0.29) is 11.2 Å². The van der Waals surface area contributed by atoms with Crippen LogP contribution in [0, 0.1) is 0 Å². The maximum Gasteiger partial charge on any atom is 0.185 e. The van der Waals surface area contributed by atoms with Crippen LogP contribution in [-0.4, -0.2) is 28.2 Å². The second-order valence-electron chi connectivity index (χ2n) is 2.07. The van der Waals surface area contributed by atoms with Crippen LogP contribution in [-0.2, 0) is 10.8 Å². The standard InChI is InChI=1S/C5H13N3OS/c1-4(10(2)9)3-8-5(6)7/h4H,3H2,1-2H3,(H4,6,7,8). The first kappa shape index (κ1) is 9.42. The van der Waals surface area contributed by atoms with Gasteiger partial charge in [-0.3, -0.25) is 9.20 Å². The smallest absolute Gasteiger partial charge is 0.185 e. The number of hydrogen-bond acceptors (Lipinski definition) is 2. The molecule has 0 aliphatic rings. The molecule has 0 saturated carbocycles. The van der Waals surface area contributed by atoms with Crippen molar-refractivity contribution in [3.05, 3.63) is 0 Å². The third-order valence-corrected chi connectivity index (χ3v) is 2.38. The van der Waals surface area contributed by atoms with Gasteiger partial charge in [0.25, 0.3) is 0 Å². The minimum absolute atomic E-state index is 0.0297. The van der Waals surface area contributed by atoms with Gasteiger partial charge in [0, 0.05) is 17.1 Å². The molecule has 0 bridgehead atoms. The second kappa shape index (κ2) is 4.27. The molecule has 0 aromatic rings. The van der Waals surface area contributed by atoms with Crippen LogP contribution in [0.1, 0.15) is 6.92 Å². The van der Waals surface area contributed by atoms with Crippen LogP contribution in [0.2, 0.25) is 0 Å². The van der Waals surface area contributed by atoms with Crippen molar-refractivity contribution in [2.45, 2.75) is 12.2 Å². The highest BCUT2D eigenvalue weighted by atomic mass is 32.2. The lowest BCUT2D eigenvalue weighted by molar-refractivity contribution is 0.677. The van der Waals surface area contributed by atoms with Crippen molar-refractivity contribution in [3.63, 3.8) is 0 Å². The van der Waals surface area contributed by atoms with E-state index in [2.05, 4.69) is 4.99 Å². The Labute approximate surface area is 63.1 Å². The van der Waals surface area contributed by atoms with Crippen molar-refractivity contribution in [2.75, 3.05) is 12.8 Å². The number of nitrogens with two attached hydrogens (primary N) is 2. The summed E-state index contributed by atoms with van der Waals surface area (Å²) in [6.07, 6.45) is 1.63. The van der Waals surface area contributed by atoms with E-state index >= 15 is 0 Å². The number of aliphatic imine (C=N–C) groups is 1. The summed E-state index contributed by atoms with van der Waals surface area (Å²) in [7, 11) is -0.845. The molecule has 10 heavy (non-hydrogen) atoms. The van der Waals surface area contributed by atoms with Crippen molar-refractivity contribution < 1.29 is 4.21 Å². The summed E-state index contributed by atoms with van der Waals surface area (Å²) in [5.41, 5.74) is 10.1. The summed E-state index contributed by atoms with van der Waals surface area (Å²) >= 11 is 0. The minimum Gasteiger partial charge on any atom is -0.370 e. The zero-order chi connectivity index (χ0) is 8.15. The Morgan fingerprint density at radius 2 is 2.20 bits per heavy atom. The lowest BCUT2D eigenvalue weighted by atomic mass is 10.5. The van der Waals surface area contributed by atoms with E-state index < -0.39 is 10.8 Å². The Morgan fingerprint density at radius 3 is 2.50 bits per heavy atom. The van der Waals surface area contributed by atoms with Gasteiger partial charge in [0.05, 0.1) is 11.8 Å². The van der Waals surface area contributed by atoms with Gasteiger partial charge in [-0.15, -0.1) is 0 Å². The van der Waals surface area contributed by atoms with Crippen LogP contribution in [0.5, 0.6) is 0 Å². The van der Waals surface area contributed by atoms with Crippen LogP contribution < -0.4 is 11.5 Å². The number of hydrogen-bond donors (Lipinski definition) is 2. The molecule has 4 N–H and O–H groups in total. The largest absolute Gasteiger partial charge is 0.370 e. The van der Waals surface area contributed by atoms with Gasteiger partial charge in [0.2, 0.25) is 0 Å². The highest BCUT2D eigenvalue weighted by Crippen LogP contribution is 1.91. The summed E-state index contributed by atoms with van der Waals surface area (Å²) in [5, 5.41) is 0.0297. The predicted octanol–water partition coefficient (Wildman–Crippen LogP) is -0.973. The topological polar surface area (TPSA) is 81.5 Å². The van der Waals surface area contributed by atoms with Crippen LogP contribution in [0.3, 0.4) is 0 Å². The lowest BCUT2D eigenvalue weighted by Gasteiger charge is -2.02. The molecule has 0 amide bonds. The van der Waals surface area contributed by atoms with Crippen LogP contribution in [0.25, 0.3) is 0 Å². The van der Waals surface area contributed by atoms with Crippen molar-refractivity contribution in [2.24, 2.45) is 16.5 Å². The molecule has 0 radical (unpaired) electrons. The van der Waals surface area contributed by atoms with Gasteiger partial charge in [-0.2, -0.15) is 0 Å². The molecule has 0 aliphatic carbocycles. The Hall–Kier alpha value is -0.580. The molecule has 0 heterocycles. The summed E-state index contributed by atoms with van der Waals surface area (Å²) in [6, 6.07) is 0. The predicted molar refractivity (Wildman–Crippen MR) is 44.2 cm³/mol. The van der Waals surface area contributed by atoms with Gasteiger partial charge in [0.15, 0.2) is 5.96 Å². The molecular formula is C5H13N3OS. The van der Waals surface area contributed by atoms with Crippen LogP contribution in [0.15, 0.2) is 4.99 Å². The Kier molecular flexibility index (Phi) is 4.02. The molecule has 0 aromatic heterocycles. The Bertz CT molecular complexity index is 153. The average molecular weight is 163 g/mol. The van der Waals surface area contributed by atoms with Crippen molar-refractivity contribution in [3.8, 4) is 0 Å². The van der Waals surface area contributed by atoms with Gasteiger partial charge in [-0.25, -0.2) is 0 Å². The molecule has 0 spiro atoms. The summed E-state index contributed by atoms with van der Waals surface area (Å²) in [5.74, 6) is 0.0531. The van der Waals surface area contributed by atoms with Gasteiger partial charge in [-0.1, -0.05) is 0 Å². The molecule has 0 fully saturated rings. The van der Waals surface area contributed by atoms with Crippen LogP contribution >= 0.6 is 0 Å². The normalized spacial score (nSPS) is 15.8. The van der Waals surface area contributed by atoms with Gasteiger partial charge < -0.3 is 11.5 Å². The quantitative estimate of drug-likeness (QED) is 0.415. The first-order valence-corrected chi connectivity index (χ1v) is 4.53. The third kappa shape index (κ3) is 4.31. The van der Waals surface area contributed by atoms with Crippen molar-refractivity contribution in [1.29, 1.82) is 0 Å². The van der Waals surface area contributed by atoms with E-state index in [4.69, 9.17) is 11.5 Å². The fraction of sp³-hybridized carbons (Fsp3) is 0.800. The molecule has 60 valence electrons. The fourth-order valence-corrected chi connectivity index (χ4v) is 0.623. The highest BCUT2D eigenvalue weighted by Gasteiger charge is 2.03. The summed E-state index contributed by atoms with van der Waals surface area (Å²) in [6.45, 7) is 2.27. The van der Waals surface area contributed by atoms with E-state index in [1.807, 2.05) is 6.92 Å². The molecule has 0 rings (SSSR count). The molecule has 2 unspecified atom stereocenters. The van der Waals surface area contributed by atoms with E-state index in [9.17, 15) is 4.21 Å². The number of nitrogens with zero attached hydrogens (tertiary/aromatic N) is 1. The molecule has 2 atom stereocenters. The van der Waals surface area contributed by atoms with Crippen molar-refractivity contribution >= 4 is 16.8 Å². The first-order chi connectivity index (χ1) is 4.54. The van der Waals surface area contributed by atoms with Gasteiger partial charge in [0.1, 0.15) is 0 Å². The molecule has 4 nitrogen and oxygen atoms in total. The third-order valence-electron chi connectivity index (χ3n) is 1.10. The van der Waals surface area contributed by atoms with E-state index in [1.54, 1.807) is 6.26 Å². The van der Waals surface area contributed by atoms with E-state index in [1.165, 1.54) is 0 Å². The second-order valence-corrected chi connectivity index (χ2v) is 3.88. The van der Waals surface area contributed by atoms with Crippen molar-refractivity contribution in [1.82, 2.24) is 0 Å². The molecular weight excluding hydrogens is 150 g/mol. The lowest BCUT2D eigenvalue weighted by Crippen LogP contribution is -2.25. The summed E-state index contributed by atoms with van der Waals surface area (Å²) in [4.78, 5) is 3.72. The number of guanidine groups is 1. The minimum atomic E-state index is -0.845. The molecule has 0 saturated heterocycles. The average Bonchev–Trinajstić information content (AvgIpc) is 1.82. The molecule has 0 aliphatic heterocycles. The maximum absolute atomic E-state index is 10.7. The molecule has 0 aromatic carbocycles. The maximum atomic E-state index is 10.7. The summed E-state index contributed by atoms with van der Waals surface area (Å²) < 4.78 is 10.7. The molecule has 5 heteroatoms. The first-order valence-electron chi connectivity index (χ1n) is 2.91. The van der Waals surface area contributed by atoms with Gasteiger partial charge in [-0.05, 0) is 6.92 Å². The fourth-order valence-electron chi connectivity index (χ4n) is 0.339.